The van der Waals surface area contributed by atoms with Crippen molar-refractivity contribution in [3.05, 3.63) is 54.2 Å². The molecule has 0 aliphatic rings. The van der Waals surface area contributed by atoms with Crippen molar-refractivity contribution < 1.29 is 14.3 Å². The summed E-state index contributed by atoms with van der Waals surface area (Å²) in [5, 5.41) is 3.89. The van der Waals surface area contributed by atoms with Crippen molar-refractivity contribution in [1.29, 1.82) is 0 Å². The van der Waals surface area contributed by atoms with Gasteiger partial charge in [0.05, 0.1) is 19.9 Å². The lowest BCUT2D eigenvalue weighted by atomic mass is 10.1. The first-order chi connectivity index (χ1) is 10.7. The average Bonchev–Trinajstić information content (AvgIpc) is 3.03. The standard InChI is InChI=1S/C17H16N2O3/c1-21-15-7-6-11(10-16(15)22-2)17(20)19-14-5-3-4-13-12(14)8-9-18-13/h3-10,18H,1-2H3,(H,19,20). The normalized spacial score (nSPS) is 10.5. The summed E-state index contributed by atoms with van der Waals surface area (Å²) in [6, 6.07) is 12.7. The van der Waals surface area contributed by atoms with Crippen LogP contribution in [0.15, 0.2) is 48.7 Å². The van der Waals surface area contributed by atoms with Crippen LogP contribution in [0.3, 0.4) is 0 Å². The third-order valence-electron chi connectivity index (χ3n) is 3.49. The number of amides is 1. The number of methoxy groups -OCH3 is 2. The number of ether oxygens (including phenoxy) is 2. The van der Waals surface area contributed by atoms with E-state index in [9.17, 15) is 4.79 Å². The molecule has 5 heteroatoms. The van der Waals surface area contributed by atoms with Crippen LogP contribution >= 0.6 is 0 Å². The Morgan fingerprint density at radius 3 is 2.64 bits per heavy atom. The van der Waals surface area contributed by atoms with E-state index in [1.165, 1.54) is 0 Å². The molecule has 1 amide bonds. The molecule has 2 aromatic carbocycles. The van der Waals surface area contributed by atoms with Gasteiger partial charge in [-0.25, -0.2) is 0 Å². The molecule has 0 spiro atoms. The predicted octanol–water partition coefficient (Wildman–Crippen LogP) is 3.44. The van der Waals surface area contributed by atoms with E-state index in [0.717, 1.165) is 16.6 Å². The summed E-state index contributed by atoms with van der Waals surface area (Å²) in [4.78, 5) is 15.5. The Morgan fingerprint density at radius 2 is 1.86 bits per heavy atom. The Hall–Kier alpha value is -2.95. The third kappa shape index (κ3) is 2.48. The molecule has 22 heavy (non-hydrogen) atoms. The molecule has 112 valence electrons. The van der Waals surface area contributed by atoms with Gasteiger partial charge in [-0.1, -0.05) is 6.07 Å². The predicted molar refractivity (Wildman–Crippen MR) is 85.8 cm³/mol. The van der Waals surface area contributed by atoms with Crippen LogP contribution in [0.5, 0.6) is 11.5 Å². The van der Waals surface area contributed by atoms with E-state index in [1.54, 1.807) is 32.4 Å². The fourth-order valence-corrected chi connectivity index (χ4v) is 2.37. The molecule has 3 rings (SSSR count). The lowest BCUT2D eigenvalue weighted by Crippen LogP contribution is -2.12. The van der Waals surface area contributed by atoms with Gasteiger partial charge >= 0.3 is 0 Å². The second kappa shape index (κ2) is 5.81. The maximum absolute atomic E-state index is 12.4. The van der Waals surface area contributed by atoms with Gasteiger partial charge in [0.1, 0.15) is 0 Å². The van der Waals surface area contributed by atoms with Gasteiger partial charge in [-0.05, 0) is 36.4 Å². The van der Waals surface area contributed by atoms with Crippen LogP contribution in [-0.2, 0) is 0 Å². The molecule has 0 saturated heterocycles. The fourth-order valence-electron chi connectivity index (χ4n) is 2.37. The summed E-state index contributed by atoms with van der Waals surface area (Å²) in [5.74, 6) is 0.913. The van der Waals surface area contributed by atoms with Gasteiger partial charge in [-0.3, -0.25) is 4.79 Å². The van der Waals surface area contributed by atoms with Gasteiger partial charge < -0.3 is 19.8 Å². The Balaban J connectivity index is 1.90. The lowest BCUT2D eigenvalue weighted by Gasteiger charge is -2.10. The largest absolute Gasteiger partial charge is 0.493 e. The number of carbonyl (C=O) groups excluding carboxylic acids is 1. The molecule has 0 saturated carbocycles. The van der Waals surface area contributed by atoms with E-state index in [-0.39, 0.29) is 5.91 Å². The van der Waals surface area contributed by atoms with Crippen LogP contribution < -0.4 is 14.8 Å². The van der Waals surface area contributed by atoms with Crippen molar-refractivity contribution in [1.82, 2.24) is 4.98 Å². The number of aromatic amines is 1. The number of carbonyl (C=O) groups is 1. The highest BCUT2D eigenvalue weighted by atomic mass is 16.5. The minimum Gasteiger partial charge on any atom is -0.493 e. The van der Waals surface area contributed by atoms with E-state index in [0.29, 0.717) is 17.1 Å². The van der Waals surface area contributed by atoms with E-state index >= 15 is 0 Å². The maximum atomic E-state index is 12.4. The van der Waals surface area contributed by atoms with Gasteiger partial charge in [-0.15, -0.1) is 0 Å². The molecule has 0 radical (unpaired) electrons. The van der Waals surface area contributed by atoms with E-state index in [1.807, 2.05) is 30.5 Å². The number of hydrogen-bond donors (Lipinski definition) is 2. The van der Waals surface area contributed by atoms with Crippen LogP contribution in [-0.4, -0.2) is 25.1 Å². The molecule has 0 bridgehead atoms. The number of anilines is 1. The summed E-state index contributed by atoms with van der Waals surface area (Å²) in [6.45, 7) is 0. The summed E-state index contributed by atoms with van der Waals surface area (Å²) < 4.78 is 10.4. The topological polar surface area (TPSA) is 63.3 Å². The van der Waals surface area contributed by atoms with Crippen molar-refractivity contribution >= 4 is 22.5 Å². The molecule has 1 heterocycles. The van der Waals surface area contributed by atoms with Crippen LogP contribution in [0.25, 0.3) is 10.9 Å². The molecule has 0 unspecified atom stereocenters. The smallest absolute Gasteiger partial charge is 0.255 e. The van der Waals surface area contributed by atoms with Crippen LogP contribution in [0.1, 0.15) is 10.4 Å². The molecule has 0 aliphatic heterocycles. The second-order valence-corrected chi connectivity index (χ2v) is 4.77. The van der Waals surface area contributed by atoms with E-state index < -0.39 is 0 Å². The number of benzene rings is 2. The summed E-state index contributed by atoms with van der Waals surface area (Å²) in [7, 11) is 3.10. The van der Waals surface area contributed by atoms with Crippen molar-refractivity contribution in [2.45, 2.75) is 0 Å². The molecular formula is C17H16N2O3. The van der Waals surface area contributed by atoms with Gasteiger partial charge in [0.2, 0.25) is 0 Å². The average molecular weight is 296 g/mol. The Kier molecular flexibility index (Phi) is 3.70. The maximum Gasteiger partial charge on any atom is 0.255 e. The highest BCUT2D eigenvalue weighted by Crippen LogP contribution is 2.28. The number of fused-ring (bicyclic) bond motifs is 1. The van der Waals surface area contributed by atoms with Gasteiger partial charge in [0.25, 0.3) is 5.91 Å². The number of H-pyrrole nitrogens is 1. The number of aromatic nitrogens is 1. The first kappa shape index (κ1) is 14.0. The van der Waals surface area contributed by atoms with Gasteiger partial charge in [0.15, 0.2) is 11.5 Å². The zero-order chi connectivity index (χ0) is 15.5. The minimum atomic E-state index is -0.199. The molecule has 0 aliphatic carbocycles. The first-order valence-corrected chi connectivity index (χ1v) is 6.82. The van der Waals surface area contributed by atoms with E-state index in [4.69, 9.17) is 9.47 Å². The van der Waals surface area contributed by atoms with Crippen LogP contribution in [0.2, 0.25) is 0 Å². The summed E-state index contributed by atoms with van der Waals surface area (Å²) in [5.41, 5.74) is 2.24. The number of nitrogens with one attached hydrogen (secondary N) is 2. The molecule has 0 fully saturated rings. The quantitative estimate of drug-likeness (QED) is 0.775. The summed E-state index contributed by atoms with van der Waals surface area (Å²) >= 11 is 0. The second-order valence-electron chi connectivity index (χ2n) is 4.77. The highest BCUT2D eigenvalue weighted by Gasteiger charge is 2.12. The highest BCUT2D eigenvalue weighted by molar-refractivity contribution is 6.09. The van der Waals surface area contributed by atoms with Crippen LogP contribution in [0, 0.1) is 0 Å². The SMILES string of the molecule is COc1ccc(C(=O)Nc2cccc3[nH]ccc23)cc1OC. The van der Waals surface area contributed by atoms with Crippen molar-refractivity contribution in [3.8, 4) is 11.5 Å². The fraction of sp³-hybridized carbons (Fsp3) is 0.118. The van der Waals surface area contributed by atoms with Crippen molar-refractivity contribution in [2.75, 3.05) is 19.5 Å². The van der Waals surface area contributed by atoms with Crippen LogP contribution in [0.4, 0.5) is 5.69 Å². The molecule has 1 aromatic heterocycles. The lowest BCUT2D eigenvalue weighted by molar-refractivity contribution is 0.102. The molecule has 0 atom stereocenters. The Labute approximate surface area is 127 Å². The molecule has 3 aromatic rings. The Bertz CT molecular complexity index is 824. The zero-order valence-electron chi connectivity index (χ0n) is 12.3. The zero-order valence-corrected chi connectivity index (χ0v) is 12.3. The Morgan fingerprint density at radius 1 is 1.05 bits per heavy atom. The third-order valence-corrected chi connectivity index (χ3v) is 3.49. The van der Waals surface area contributed by atoms with E-state index in [2.05, 4.69) is 10.3 Å². The number of rotatable bonds is 4. The molecular weight excluding hydrogens is 280 g/mol. The molecule has 2 N–H and O–H groups in total. The monoisotopic (exact) mass is 296 g/mol. The van der Waals surface area contributed by atoms with Crippen molar-refractivity contribution in [3.63, 3.8) is 0 Å². The van der Waals surface area contributed by atoms with Gasteiger partial charge in [-0.2, -0.15) is 0 Å². The minimum absolute atomic E-state index is 0.199. The molecule has 5 nitrogen and oxygen atoms in total. The first-order valence-electron chi connectivity index (χ1n) is 6.82. The van der Waals surface area contributed by atoms with Gasteiger partial charge in [0, 0.05) is 22.7 Å². The number of hydrogen-bond acceptors (Lipinski definition) is 3. The summed E-state index contributed by atoms with van der Waals surface area (Å²) in [6.07, 6.45) is 1.84. The van der Waals surface area contributed by atoms with Crippen molar-refractivity contribution in [2.24, 2.45) is 0 Å².